The summed E-state index contributed by atoms with van der Waals surface area (Å²) in [5.41, 5.74) is 0.336. The molecule has 90 valence electrons. The molecule has 1 aromatic carbocycles. The molecule has 0 spiro atoms. The molecule has 16 heavy (non-hydrogen) atoms. The first-order valence-corrected chi connectivity index (χ1v) is 6.99. The topological polar surface area (TPSA) is 0 Å². The molecule has 0 aliphatic heterocycles. The molecule has 0 heterocycles. The maximum absolute atomic E-state index is 12.3. The van der Waals surface area contributed by atoms with Crippen LogP contribution in [0.3, 0.4) is 0 Å². The fourth-order valence-electron chi connectivity index (χ4n) is 1.31. The van der Waals surface area contributed by atoms with E-state index in [1.54, 1.807) is 12.1 Å². The SMILES string of the molecule is FC(F)(F)c1ccc(CC(CBr)CBr)cc1. The largest absolute Gasteiger partial charge is 0.416 e. The maximum Gasteiger partial charge on any atom is 0.416 e. The van der Waals surface area contributed by atoms with Gasteiger partial charge in [0.1, 0.15) is 0 Å². The Morgan fingerprint density at radius 1 is 1.00 bits per heavy atom. The summed E-state index contributed by atoms with van der Waals surface area (Å²) in [6.45, 7) is 0. The summed E-state index contributed by atoms with van der Waals surface area (Å²) < 4.78 is 36.9. The molecule has 0 aromatic heterocycles. The molecule has 0 saturated heterocycles. The number of benzene rings is 1. The van der Waals surface area contributed by atoms with Gasteiger partial charge in [-0.15, -0.1) is 0 Å². The monoisotopic (exact) mass is 358 g/mol. The van der Waals surface area contributed by atoms with E-state index in [1.807, 2.05) is 0 Å². The number of hydrogen-bond acceptors (Lipinski definition) is 0. The minimum absolute atomic E-state index is 0.400. The van der Waals surface area contributed by atoms with Crippen LogP contribution in [0.4, 0.5) is 13.2 Å². The van der Waals surface area contributed by atoms with Crippen molar-refractivity contribution in [3.63, 3.8) is 0 Å². The van der Waals surface area contributed by atoms with Gasteiger partial charge in [0, 0.05) is 10.7 Å². The quantitative estimate of drug-likeness (QED) is 0.686. The first-order valence-electron chi connectivity index (χ1n) is 4.75. The normalized spacial score (nSPS) is 12.1. The Morgan fingerprint density at radius 2 is 1.50 bits per heavy atom. The molecule has 0 nitrogen and oxygen atoms in total. The van der Waals surface area contributed by atoms with Gasteiger partial charge in [-0.05, 0) is 30.0 Å². The molecule has 0 bridgehead atoms. The minimum atomic E-state index is -4.25. The van der Waals surface area contributed by atoms with Crippen LogP contribution in [0.2, 0.25) is 0 Å². The van der Waals surface area contributed by atoms with E-state index in [-0.39, 0.29) is 0 Å². The molecule has 0 saturated carbocycles. The number of halogens is 5. The highest BCUT2D eigenvalue weighted by Crippen LogP contribution is 2.29. The lowest BCUT2D eigenvalue weighted by Gasteiger charge is -2.11. The van der Waals surface area contributed by atoms with E-state index in [2.05, 4.69) is 31.9 Å². The average Bonchev–Trinajstić information content (AvgIpc) is 2.25. The highest BCUT2D eigenvalue weighted by molar-refractivity contribution is 9.09. The van der Waals surface area contributed by atoms with Crippen molar-refractivity contribution in [1.82, 2.24) is 0 Å². The van der Waals surface area contributed by atoms with Crippen LogP contribution in [0.25, 0.3) is 0 Å². The van der Waals surface area contributed by atoms with Crippen molar-refractivity contribution in [2.75, 3.05) is 10.7 Å². The number of alkyl halides is 5. The molecule has 0 radical (unpaired) electrons. The summed E-state index contributed by atoms with van der Waals surface area (Å²) in [6.07, 6.45) is -3.47. The fourth-order valence-corrected chi connectivity index (χ4v) is 2.84. The van der Waals surface area contributed by atoms with E-state index in [4.69, 9.17) is 0 Å². The van der Waals surface area contributed by atoms with Crippen LogP contribution in [0.5, 0.6) is 0 Å². The van der Waals surface area contributed by atoms with E-state index in [1.165, 1.54) is 0 Å². The molecule has 1 aromatic rings. The van der Waals surface area contributed by atoms with Gasteiger partial charge in [0.05, 0.1) is 5.56 Å². The molecule has 0 aliphatic carbocycles. The lowest BCUT2D eigenvalue weighted by atomic mass is 10.0. The van der Waals surface area contributed by atoms with Crippen molar-refractivity contribution in [3.8, 4) is 0 Å². The Bertz CT molecular complexity index is 315. The Labute approximate surface area is 109 Å². The predicted octanol–water partition coefficient (Wildman–Crippen LogP) is 4.65. The lowest BCUT2D eigenvalue weighted by molar-refractivity contribution is -0.137. The lowest BCUT2D eigenvalue weighted by Crippen LogP contribution is -2.08. The summed E-state index contributed by atoms with van der Waals surface area (Å²) in [4.78, 5) is 0. The third-order valence-electron chi connectivity index (χ3n) is 2.24. The van der Waals surface area contributed by atoms with Crippen molar-refractivity contribution in [2.45, 2.75) is 12.6 Å². The summed E-state index contributed by atoms with van der Waals surface area (Å²) in [7, 11) is 0. The molecule has 0 amide bonds. The van der Waals surface area contributed by atoms with Gasteiger partial charge in [0.2, 0.25) is 0 Å². The van der Waals surface area contributed by atoms with E-state index in [0.717, 1.165) is 34.8 Å². The molecular weight excluding hydrogens is 349 g/mol. The van der Waals surface area contributed by atoms with Gasteiger partial charge in [-0.25, -0.2) is 0 Å². The van der Waals surface area contributed by atoms with Crippen LogP contribution in [0.15, 0.2) is 24.3 Å². The van der Waals surface area contributed by atoms with Gasteiger partial charge in [-0.2, -0.15) is 13.2 Å². The zero-order valence-corrected chi connectivity index (χ0v) is 11.6. The second kappa shape index (κ2) is 6.05. The third kappa shape index (κ3) is 4.09. The van der Waals surface area contributed by atoms with Crippen molar-refractivity contribution in [3.05, 3.63) is 35.4 Å². The second-order valence-electron chi connectivity index (χ2n) is 3.57. The van der Waals surface area contributed by atoms with E-state index in [0.29, 0.717) is 5.92 Å². The third-order valence-corrected chi connectivity index (χ3v) is 4.07. The Morgan fingerprint density at radius 3 is 1.88 bits per heavy atom. The average molecular weight is 360 g/mol. The maximum atomic E-state index is 12.3. The summed E-state index contributed by atoms with van der Waals surface area (Å²) in [5.74, 6) is 0.400. The fraction of sp³-hybridized carbons (Fsp3) is 0.455. The van der Waals surface area contributed by atoms with Crippen LogP contribution in [-0.4, -0.2) is 10.7 Å². The molecule has 0 unspecified atom stereocenters. The zero-order valence-electron chi connectivity index (χ0n) is 8.40. The van der Waals surface area contributed by atoms with Gasteiger partial charge < -0.3 is 0 Å². The molecule has 0 aliphatic rings. The molecule has 0 N–H and O–H groups in total. The van der Waals surface area contributed by atoms with Gasteiger partial charge in [0.25, 0.3) is 0 Å². The van der Waals surface area contributed by atoms with Crippen LogP contribution < -0.4 is 0 Å². The first-order chi connectivity index (χ1) is 7.47. The Hall–Kier alpha value is -0.0300. The van der Waals surface area contributed by atoms with Crippen molar-refractivity contribution < 1.29 is 13.2 Å². The predicted molar refractivity (Wildman–Crippen MR) is 66.2 cm³/mol. The molecule has 1 rings (SSSR count). The van der Waals surface area contributed by atoms with Crippen LogP contribution in [0, 0.1) is 5.92 Å². The van der Waals surface area contributed by atoms with E-state index in [9.17, 15) is 13.2 Å². The van der Waals surface area contributed by atoms with E-state index >= 15 is 0 Å². The zero-order chi connectivity index (χ0) is 12.2. The van der Waals surface area contributed by atoms with Gasteiger partial charge >= 0.3 is 6.18 Å². The summed E-state index contributed by atoms with van der Waals surface area (Å²) in [6, 6.07) is 5.35. The van der Waals surface area contributed by atoms with Crippen molar-refractivity contribution >= 4 is 31.9 Å². The van der Waals surface area contributed by atoms with Crippen LogP contribution >= 0.6 is 31.9 Å². The standard InChI is InChI=1S/C11H11Br2F3/c12-6-9(7-13)5-8-1-3-10(4-2-8)11(14,15)16/h1-4,9H,5-7H2. The Kier molecular flexibility index (Phi) is 5.31. The van der Waals surface area contributed by atoms with Gasteiger partial charge in [-0.3, -0.25) is 0 Å². The smallest absolute Gasteiger partial charge is 0.166 e. The minimum Gasteiger partial charge on any atom is -0.166 e. The Balaban J connectivity index is 2.72. The highest BCUT2D eigenvalue weighted by atomic mass is 79.9. The van der Waals surface area contributed by atoms with Gasteiger partial charge in [0.15, 0.2) is 0 Å². The molecular formula is C11H11Br2F3. The van der Waals surface area contributed by atoms with Crippen LogP contribution in [-0.2, 0) is 12.6 Å². The molecule has 0 atom stereocenters. The number of rotatable bonds is 4. The second-order valence-corrected chi connectivity index (χ2v) is 4.87. The van der Waals surface area contributed by atoms with E-state index < -0.39 is 11.7 Å². The summed E-state index contributed by atoms with van der Waals surface area (Å²) >= 11 is 6.74. The first kappa shape index (κ1) is 14.0. The van der Waals surface area contributed by atoms with Gasteiger partial charge in [-0.1, -0.05) is 44.0 Å². The van der Waals surface area contributed by atoms with Crippen LogP contribution in [0.1, 0.15) is 11.1 Å². The van der Waals surface area contributed by atoms with Crippen molar-refractivity contribution in [1.29, 1.82) is 0 Å². The number of hydrogen-bond donors (Lipinski definition) is 0. The highest BCUT2D eigenvalue weighted by Gasteiger charge is 2.29. The summed E-state index contributed by atoms with van der Waals surface area (Å²) in [5, 5.41) is 1.67. The molecule has 5 heteroatoms. The molecule has 0 fully saturated rings. The van der Waals surface area contributed by atoms with Crippen molar-refractivity contribution in [2.24, 2.45) is 5.92 Å².